The van der Waals surface area contributed by atoms with Crippen LogP contribution in [0.5, 0.6) is 0 Å². The number of ketones is 1. The van der Waals surface area contributed by atoms with E-state index in [0.29, 0.717) is 12.3 Å². The molecular formula is C25H20N4O2. The van der Waals surface area contributed by atoms with Gasteiger partial charge in [0.15, 0.2) is 11.9 Å². The van der Waals surface area contributed by atoms with Gasteiger partial charge in [0.25, 0.3) is 0 Å². The van der Waals surface area contributed by atoms with Crippen molar-refractivity contribution in [2.45, 2.75) is 19.0 Å². The van der Waals surface area contributed by atoms with Gasteiger partial charge >= 0.3 is 6.01 Å². The van der Waals surface area contributed by atoms with Gasteiger partial charge in [0.1, 0.15) is 0 Å². The van der Waals surface area contributed by atoms with Crippen LogP contribution in [-0.4, -0.2) is 27.9 Å². The predicted molar refractivity (Wildman–Crippen MR) is 118 cm³/mol. The zero-order chi connectivity index (χ0) is 21.0. The molecule has 1 aliphatic rings. The number of Topliss-reactive ketones (excluding diaryl/α,β-unsaturated/α-hetero) is 1. The highest BCUT2D eigenvalue weighted by Gasteiger charge is 2.27. The van der Waals surface area contributed by atoms with Crippen molar-refractivity contribution in [2.24, 2.45) is 4.99 Å². The lowest BCUT2D eigenvalue weighted by atomic mass is 9.96. The normalized spacial score (nSPS) is 15.7. The predicted octanol–water partition coefficient (Wildman–Crippen LogP) is 4.06. The van der Waals surface area contributed by atoms with E-state index in [-0.39, 0.29) is 18.2 Å². The minimum Gasteiger partial charge on any atom is -0.408 e. The molecule has 31 heavy (non-hydrogen) atoms. The number of nitrogens with one attached hydrogen (secondary N) is 1. The van der Waals surface area contributed by atoms with E-state index in [1.807, 2.05) is 84.9 Å². The van der Waals surface area contributed by atoms with Crippen molar-refractivity contribution < 1.29 is 9.21 Å². The van der Waals surface area contributed by atoms with Gasteiger partial charge in [-0.15, -0.1) is 5.10 Å². The molecular weight excluding hydrogens is 388 g/mol. The summed E-state index contributed by atoms with van der Waals surface area (Å²) in [5, 5.41) is 11.2. The first-order chi connectivity index (χ1) is 15.3. The fourth-order valence-corrected chi connectivity index (χ4v) is 3.67. The van der Waals surface area contributed by atoms with Gasteiger partial charge in [0.05, 0.1) is 12.1 Å². The van der Waals surface area contributed by atoms with E-state index in [9.17, 15) is 4.79 Å². The van der Waals surface area contributed by atoms with Crippen LogP contribution >= 0.6 is 0 Å². The van der Waals surface area contributed by atoms with Gasteiger partial charge in [-0.05, 0) is 11.1 Å². The van der Waals surface area contributed by atoms with E-state index in [0.717, 1.165) is 28.0 Å². The van der Waals surface area contributed by atoms with Crippen molar-refractivity contribution >= 4 is 17.5 Å². The largest absolute Gasteiger partial charge is 0.408 e. The second-order valence-electron chi connectivity index (χ2n) is 7.35. The van der Waals surface area contributed by atoms with Crippen molar-refractivity contribution in [3.05, 3.63) is 113 Å². The number of hydrogen-bond acceptors (Lipinski definition) is 6. The highest BCUT2D eigenvalue weighted by atomic mass is 16.4. The van der Waals surface area contributed by atoms with Gasteiger partial charge in [0, 0.05) is 17.5 Å². The standard InChI is InChI=1S/C25H20N4O2/c30-21-16-19-13-7-8-14-20(19)23(18-11-5-2-6-12-18)26-24(21)27-25-29-28-22(31-25)15-17-9-3-1-4-10-17/h1-14,24H,15-16H2,(H,27,29). The lowest BCUT2D eigenvalue weighted by Crippen LogP contribution is -2.29. The number of carbonyl (C=O) groups excluding carboxylic acids is 1. The van der Waals surface area contributed by atoms with Gasteiger partial charge in [-0.2, -0.15) is 0 Å². The molecule has 1 N–H and O–H groups in total. The summed E-state index contributed by atoms with van der Waals surface area (Å²) in [6.45, 7) is 0. The Morgan fingerprint density at radius 3 is 2.39 bits per heavy atom. The van der Waals surface area contributed by atoms with Gasteiger partial charge in [0.2, 0.25) is 5.89 Å². The molecule has 5 rings (SSSR count). The maximum atomic E-state index is 13.0. The molecule has 1 aliphatic heterocycles. The van der Waals surface area contributed by atoms with Gasteiger partial charge in [-0.25, -0.2) is 0 Å². The molecule has 0 bridgehead atoms. The summed E-state index contributed by atoms with van der Waals surface area (Å²) in [6.07, 6.45) is -0.0100. The van der Waals surface area contributed by atoms with E-state index in [1.165, 1.54) is 0 Å². The number of carbonyl (C=O) groups is 1. The maximum Gasteiger partial charge on any atom is 0.317 e. The molecule has 0 fully saturated rings. The zero-order valence-electron chi connectivity index (χ0n) is 16.7. The first-order valence-electron chi connectivity index (χ1n) is 10.1. The number of aliphatic imine (C=N–C) groups is 1. The molecule has 6 heteroatoms. The molecule has 1 atom stereocenters. The monoisotopic (exact) mass is 408 g/mol. The van der Waals surface area contributed by atoms with Crippen molar-refractivity contribution in [3.63, 3.8) is 0 Å². The van der Waals surface area contributed by atoms with Crippen LogP contribution in [0, 0.1) is 0 Å². The van der Waals surface area contributed by atoms with Crippen LogP contribution in [0.25, 0.3) is 0 Å². The van der Waals surface area contributed by atoms with E-state index in [4.69, 9.17) is 9.41 Å². The Morgan fingerprint density at radius 2 is 1.58 bits per heavy atom. The summed E-state index contributed by atoms with van der Waals surface area (Å²) in [6, 6.07) is 27.8. The Morgan fingerprint density at radius 1 is 0.871 bits per heavy atom. The van der Waals surface area contributed by atoms with E-state index in [2.05, 4.69) is 15.5 Å². The summed E-state index contributed by atoms with van der Waals surface area (Å²) in [4.78, 5) is 17.8. The van der Waals surface area contributed by atoms with E-state index < -0.39 is 6.17 Å². The summed E-state index contributed by atoms with van der Waals surface area (Å²) >= 11 is 0. The number of rotatable bonds is 5. The van der Waals surface area contributed by atoms with Crippen molar-refractivity contribution in [3.8, 4) is 0 Å². The molecule has 152 valence electrons. The molecule has 6 nitrogen and oxygen atoms in total. The van der Waals surface area contributed by atoms with Crippen molar-refractivity contribution in [1.29, 1.82) is 0 Å². The average Bonchev–Trinajstić information content (AvgIpc) is 3.19. The molecule has 0 saturated heterocycles. The molecule has 4 aromatic rings. The topological polar surface area (TPSA) is 80.4 Å². The summed E-state index contributed by atoms with van der Waals surface area (Å²) < 4.78 is 5.74. The molecule has 1 aromatic heterocycles. The van der Waals surface area contributed by atoms with Crippen LogP contribution in [0.15, 0.2) is 94.3 Å². The fourth-order valence-electron chi connectivity index (χ4n) is 3.67. The highest BCUT2D eigenvalue weighted by Crippen LogP contribution is 2.22. The van der Waals surface area contributed by atoms with Gasteiger partial charge < -0.3 is 9.73 Å². The van der Waals surface area contributed by atoms with Crippen molar-refractivity contribution in [2.75, 3.05) is 5.32 Å². The maximum absolute atomic E-state index is 13.0. The Labute approximate surface area is 179 Å². The van der Waals surface area contributed by atoms with E-state index in [1.54, 1.807) is 0 Å². The van der Waals surface area contributed by atoms with Crippen molar-refractivity contribution in [1.82, 2.24) is 10.2 Å². The molecule has 0 radical (unpaired) electrons. The van der Waals surface area contributed by atoms with Gasteiger partial charge in [-0.3, -0.25) is 9.79 Å². The van der Waals surface area contributed by atoms with E-state index >= 15 is 0 Å². The third-order valence-corrected chi connectivity index (χ3v) is 5.17. The molecule has 0 saturated carbocycles. The number of nitrogens with zero attached hydrogens (tertiary/aromatic N) is 3. The van der Waals surface area contributed by atoms with Crippen LogP contribution in [0.1, 0.15) is 28.1 Å². The van der Waals surface area contributed by atoms with Gasteiger partial charge in [-0.1, -0.05) is 90.0 Å². The van der Waals surface area contributed by atoms with Crippen LogP contribution in [0.2, 0.25) is 0 Å². The smallest absolute Gasteiger partial charge is 0.317 e. The minimum atomic E-state index is -0.812. The minimum absolute atomic E-state index is 0.0545. The van der Waals surface area contributed by atoms with Crippen LogP contribution in [0.3, 0.4) is 0 Å². The molecule has 2 heterocycles. The molecule has 0 amide bonds. The van der Waals surface area contributed by atoms with Crippen LogP contribution < -0.4 is 5.32 Å². The first kappa shape index (κ1) is 18.9. The Bertz CT molecular complexity index is 1230. The zero-order valence-corrected chi connectivity index (χ0v) is 16.7. The number of anilines is 1. The second-order valence-corrected chi connectivity index (χ2v) is 7.35. The second kappa shape index (κ2) is 8.36. The summed E-state index contributed by atoms with van der Waals surface area (Å²) in [7, 11) is 0. The van der Waals surface area contributed by atoms with Crippen LogP contribution in [-0.2, 0) is 17.6 Å². The third-order valence-electron chi connectivity index (χ3n) is 5.17. The Kier molecular flexibility index (Phi) is 5.10. The lowest BCUT2D eigenvalue weighted by molar-refractivity contribution is -0.119. The summed E-state index contributed by atoms with van der Waals surface area (Å²) in [5.41, 5.74) is 4.70. The molecule has 0 spiro atoms. The summed E-state index contributed by atoms with van der Waals surface area (Å²) in [5.74, 6) is 0.423. The SMILES string of the molecule is O=C1Cc2ccccc2C(c2ccccc2)=NC1Nc1nnc(Cc2ccccc2)o1. The number of aromatic nitrogens is 2. The molecule has 1 unspecified atom stereocenters. The number of fused-ring (bicyclic) bond motifs is 1. The number of benzene rings is 3. The quantitative estimate of drug-likeness (QED) is 0.539. The Hall–Kier alpha value is -4.06. The fraction of sp³-hybridized carbons (Fsp3) is 0.120. The Balaban J connectivity index is 1.45. The molecule has 3 aromatic carbocycles. The third kappa shape index (κ3) is 4.14. The average molecular weight is 408 g/mol. The molecule has 0 aliphatic carbocycles. The first-order valence-corrected chi connectivity index (χ1v) is 10.1. The number of hydrogen-bond donors (Lipinski definition) is 1. The highest BCUT2D eigenvalue weighted by molar-refractivity contribution is 6.16. The van der Waals surface area contributed by atoms with Crippen LogP contribution in [0.4, 0.5) is 6.01 Å². The lowest BCUT2D eigenvalue weighted by Gasteiger charge is -2.11.